The maximum Gasteiger partial charge on any atom is 0.294 e. The molecule has 1 heterocycles. The van der Waals surface area contributed by atoms with E-state index >= 15 is 0 Å². The highest BCUT2D eigenvalue weighted by molar-refractivity contribution is 8.18. The zero-order valence-electron chi connectivity index (χ0n) is 15.9. The number of benzene rings is 2. The fourth-order valence-corrected chi connectivity index (χ4v) is 3.53. The van der Waals surface area contributed by atoms with E-state index < -0.39 is 28.5 Å². The summed E-state index contributed by atoms with van der Waals surface area (Å²) in [5.41, 5.74) is 0.509. The maximum atomic E-state index is 12.6. The lowest BCUT2D eigenvalue weighted by atomic mass is 10.1. The number of hydrogen-bond acceptors (Lipinski definition) is 7. The molecule has 1 aliphatic rings. The highest BCUT2D eigenvalue weighted by Crippen LogP contribution is 2.33. The van der Waals surface area contributed by atoms with Crippen molar-refractivity contribution in [3.63, 3.8) is 0 Å². The lowest BCUT2D eigenvalue weighted by Crippen LogP contribution is -2.36. The predicted octanol–water partition coefficient (Wildman–Crippen LogP) is 3.67. The second kappa shape index (κ2) is 9.23. The van der Waals surface area contributed by atoms with Crippen LogP contribution in [0.2, 0.25) is 0 Å². The Bertz CT molecular complexity index is 1040. The molecule has 0 radical (unpaired) electrons. The van der Waals surface area contributed by atoms with Gasteiger partial charge in [-0.05, 0) is 55.1 Å². The molecular formula is C20H17N3O6S. The van der Waals surface area contributed by atoms with E-state index in [1.165, 1.54) is 24.3 Å². The number of carbonyl (C=O) groups is 3. The second-order valence-electron chi connectivity index (χ2n) is 6.09. The van der Waals surface area contributed by atoms with Crippen molar-refractivity contribution in [1.82, 2.24) is 4.90 Å². The minimum absolute atomic E-state index is 0.0168. The van der Waals surface area contributed by atoms with Crippen LogP contribution in [0.1, 0.15) is 12.5 Å². The molecule has 0 atom stereocenters. The number of hydrogen-bond donors (Lipinski definition) is 1. The summed E-state index contributed by atoms with van der Waals surface area (Å²) < 4.78 is 5.32. The number of carbonyl (C=O) groups excluding carboxylic acids is 3. The molecule has 0 saturated carbocycles. The van der Waals surface area contributed by atoms with Crippen LogP contribution in [0, 0.1) is 10.1 Å². The summed E-state index contributed by atoms with van der Waals surface area (Å²) in [5.74, 6) is -0.569. The molecule has 0 aromatic heterocycles. The molecule has 2 aromatic rings. The Kier molecular flexibility index (Phi) is 6.48. The highest BCUT2D eigenvalue weighted by atomic mass is 32.2. The summed E-state index contributed by atoms with van der Waals surface area (Å²) in [6.45, 7) is 1.91. The van der Waals surface area contributed by atoms with Gasteiger partial charge in [0, 0.05) is 11.8 Å². The zero-order valence-corrected chi connectivity index (χ0v) is 16.7. The highest BCUT2D eigenvalue weighted by Gasteiger charge is 2.36. The Morgan fingerprint density at radius 3 is 2.57 bits per heavy atom. The number of nitro benzene ring substituents is 1. The molecule has 30 heavy (non-hydrogen) atoms. The number of para-hydroxylation sites is 1. The van der Waals surface area contributed by atoms with Crippen molar-refractivity contribution in [3.8, 4) is 5.75 Å². The standard InChI is InChI=1S/C20H17N3O6S/c1-2-29-15-9-7-14(8-10-15)21-18(24)12-22-19(25)17(30-20(22)26)11-13-5-3-4-6-16(13)23(27)28/h3-11H,2,12H2,1H3,(H,21,24)/b17-11+. The zero-order chi connectivity index (χ0) is 21.7. The lowest BCUT2D eigenvalue weighted by molar-refractivity contribution is -0.385. The van der Waals surface area contributed by atoms with Crippen molar-refractivity contribution in [2.24, 2.45) is 0 Å². The molecule has 9 nitrogen and oxygen atoms in total. The van der Waals surface area contributed by atoms with Gasteiger partial charge in [-0.1, -0.05) is 12.1 Å². The number of nitrogens with one attached hydrogen (secondary N) is 1. The smallest absolute Gasteiger partial charge is 0.294 e. The average molecular weight is 427 g/mol. The minimum Gasteiger partial charge on any atom is -0.494 e. The Morgan fingerprint density at radius 1 is 1.20 bits per heavy atom. The Hall–Kier alpha value is -3.66. The third-order valence-electron chi connectivity index (χ3n) is 4.04. The van der Waals surface area contributed by atoms with Gasteiger partial charge in [0.25, 0.3) is 16.8 Å². The van der Waals surface area contributed by atoms with Crippen LogP contribution in [-0.4, -0.2) is 40.0 Å². The van der Waals surface area contributed by atoms with Crippen molar-refractivity contribution >= 4 is 46.3 Å². The largest absolute Gasteiger partial charge is 0.494 e. The van der Waals surface area contributed by atoms with Gasteiger partial charge < -0.3 is 10.1 Å². The first-order valence-electron chi connectivity index (χ1n) is 8.90. The molecule has 154 valence electrons. The van der Waals surface area contributed by atoms with Gasteiger partial charge in [-0.25, -0.2) is 0 Å². The van der Waals surface area contributed by atoms with Crippen LogP contribution in [0.3, 0.4) is 0 Å². The van der Waals surface area contributed by atoms with Gasteiger partial charge >= 0.3 is 0 Å². The Balaban J connectivity index is 1.69. The lowest BCUT2D eigenvalue weighted by Gasteiger charge is -2.12. The van der Waals surface area contributed by atoms with Crippen molar-refractivity contribution in [2.45, 2.75) is 6.92 Å². The SMILES string of the molecule is CCOc1ccc(NC(=O)CN2C(=O)S/C(=C/c3ccccc3[N+](=O)[O-])C2=O)cc1. The summed E-state index contributed by atoms with van der Waals surface area (Å²) in [5, 5.41) is 13.1. The fraction of sp³-hybridized carbons (Fsp3) is 0.150. The van der Waals surface area contributed by atoms with Crippen LogP contribution >= 0.6 is 11.8 Å². The summed E-state index contributed by atoms with van der Waals surface area (Å²) in [7, 11) is 0. The summed E-state index contributed by atoms with van der Waals surface area (Å²) in [6.07, 6.45) is 1.29. The Labute approximate surface area is 175 Å². The van der Waals surface area contributed by atoms with E-state index in [1.54, 1.807) is 30.3 Å². The molecule has 3 amide bonds. The first-order chi connectivity index (χ1) is 14.4. The monoisotopic (exact) mass is 427 g/mol. The molecule has 0 aliphatic carbocycles. The van der Waals surface area contributed by atoms with Crippen LogP contribution in [0.15, 0.2) is 53.4 Å². The van der Waals surface area contributed by atoms with Crippen molar-refractivity contribution in [3.05, 3.63) is 69.1 Å². The van der Waals surface area contributed by atoms with E-state index in [0.717, 1.165) is 4.90 Å². The number of thioether (sulfide) groups is 1. The summed E-state index contributed by atoms with van der Waals surface area (Å²) >= 11 is 0.632. The van der Waals surface area contributed by atoms with Gasteiger partial charge in [-0.15, -0.1) is 0 Å². The predicted molar refractivity (Wildman–Crippen MR) is 112 cm³/mol. The van der Waals surface area contributed by atoms with E-state index in [9.17, 15) is 24.5 Å². The number of rotatable bonds is 7. The molecule has 0 spiro atoms. The molecule has 1 saturated heterocycles. The van der Waals surface area contributed by atoms with E-state index in [4.69, 9.17) is 4.74 Å². The van der Waals surface area contributed by atoms with E-state index in [0.29, 0.717) is 29.8 Å². The van der Waals surface area contributed by atoms with Gasteiger partial charge in [0.1, 0.15) is 12.3 Å². The number of imide groups is 1. The molecular weight excluding hydrogens is 410 g/mol. The van der Waals surface area contributed by atoms with E-state index in [2.05, 4.69) is 5.32 Å². The molecule has 3 rings (SSSR count). The maximum absolute atomic E-state index is 12.6. The first-order valence-corrected chi connectivity index (χ1v) is 9.72. The third-order valence-corrected chi connectivity index (χ3v) is 4.95. The number of anilines is 1. The molecule has 1 N–H and O–H groups in total. The van der Waals surface area contributed by atoms with Crippen molar-refractivity contribution in [2.75, 3.05) is 18.5 Å². The average Bonchev–Trinajstić information content (AvgIpc) is 2.97. The number of amides is 3. The van der Waals surface area contributed by atoms with Crippen LogP contribution in [-0.2, 0) is 9.59 Å². The van der Waals surface area contributed by atoms with Gasteiger partial charge in [-0.3, -0.25) is 29.4 Å². The fourth-order valence-electron chi connectivity index (χ4n) is 2.70. The van der Waals surface area contributed by atoms with Crippen molar-refractivity contribution in [1.29, 1.82) is 0 Å². The Morgan fingerprint density at radius 2 is 1.90 bits per heavy atom. The number of nitrogens with zero attached hydrogens (tertiary/aromatic N) is 2. The number of ether oxygens (including phenoxy) is 1. The molecule has 0 unspecified atom stereocenters. The van der Waals surface area contributed by atoms with E-state index in [-0.39, 0.29) is 16.2 Å². The summed E-state index contributed by atoms with van der Waals surface area (Å²) in [4.78, 5) is 48.4. The quantitative estimate of drug-likeness (QED) is 0.407. The number of nitro groups is 1. The molecule has 2 aromatic carbocycles. The van der Waals surface area contributed by atoms with Crippen LogP contribution in [0.5, 0.6) is 5.75 Å². The van der Waals surface area contributed by atoms with Crippen molar-refractivity contribution < 1.29 is 24.0 Å². The minimum atomic E-state index is -0.676. The van der Waals surface area contributed by atoms with Gasteiger partial charge in [-0.2, -0.15) is 0 Å². The molecule has 1 aliphatic heterocycles. The van der Waals surface area contributed by atoms with E-state index in [1.807, 2.05) is 6.92 Å². The van der Waals surface area contributed by atoms with Crippen LogP contribution < -0.4 is 10.1 Å². The normalized spacial score (nSPS) is 14.8. The van der Waals surface area contributed by atoms with Crippen LogP contribution in [0.25, 0.3) is 6.08 Å². The van der Waals surface area contributed by atoms with Crippen LogP contribution in [0.4, 0.5) is 16.2 Å². The topological polar surface area (TPSA) is 119 Å². The second-order valence-corrected chi connectivity index (χ2v) is 7.08. The molecule has 10 heteroatoms. The van der Waals surface area contributed by atoms with Gasteiger partial charge in [0.2, 0.25) is 5.91 Å². The summed E-state index contributed by atoms with van der Waals surface area (Å²) in [6, 6.07) is 12.5. The molecule has 1 fully saturated rings. The van der Waals surface area contributed by atoms with Gasteiger partial charge in [0.05, 0.1) is 22.0 Å². The van der Waals surface area contributed by atoms with Gasteiger partial charge in [0.15, 0.2) is 0 Å². The molecule has 0 bridgehead atoms. The first kappa shape index (κ1) is 21.1. The third kappa shape index (κ3) is 4.84.